The molecule has 0 bridgehead atoms. The molecule has 5 rings (SSSR count). The smallest absolute Gasteiger partial charge is 0.147 e. The van der Waals surface area contributed by atoms with Crippen LogP contribution in [0.1, 0.15) is 54.9 Å². The van der Waals surface area contributed by atoms with Crippen LogP contribution in [0.2, 0.25) is 0 Å². The third kappa shape index (κ3) is 6.41. The zero-order valence-corrected chi connectivity index (χ0v) is 24.8. The first-order valence-corrected chi connectivity index (χ1v) is 15.2. The summed E-state index contributed by atoms with van der Waals surface area (Å²) in [6.07, 6.45) is -10.4. The summed E-state index contributed by atoms with van der Waals surface area (Å²) in [5.74, 6) is 11.4. The summed E-state index contributed by atoms with van der Waals surface area (Å²) in [5.41, 5.74) is 2.60. The van der Waals surface area contributed by atoms with Gasteiger partial charge in [-0.15, -0.1) is 0 Å². The van der Waals surface area contributed by atoms with Crippen LogP contribution in [0.15, 0.2) is 36.4 Å². The molecule has 2 aromatic carbocycles. The van der Waals surface area contributed by atoms with E-state index in [1.165, 1.54) is 0 Å². The largest absolute Gasteiger partial charge is 0.394 e. The van der Waals surface area contributed by atoms with E-state index in [1.807, 2.05) is 12.1 Å². The van der Waals surface area contributed by atoms with Crippen molar-refractivity contribution >= 4 is 0 Å². The number of hydrogen-bond donors (Lipinski definition) is 9. The van der Waals surface area contributed by atoms with Crippen LogP contribution in [0.5, 0.6) is 0 Å². The van der Waals surface area contributed by atoms with Crippen molar-refractivity contribution < 1.29 is 55.4 Å². The summed E-state index contributed by atoms with van der Waals surface area (Å²) < 4.78 is 11.0. The second-order valence-electron chi connectivity index (χ2n) is 11.9. The Bertz CT molecular complexity index is 1380. The van der Waals surface area contributed by atoms with Crippen molar-refractivity contribution in [3.05, 3.63) is 58.7 Å². The lowest BCUT2D eigenvalue weighted by Gasteiger charge is -2.37. The fraction of sp³-hybridized carbons (Fsp3) is 0.529. The number of rotatable bonds is 6. The first-order valence-electron chi connectivity index (χ1n) is 15.2. The predicted molar refractivity (Wildman–Crippen MR) is 160 cm³/mol. The molecule has 2 aromatic rings. The normalized spacial score (nSPS) is 33.3. The Hall–Kier alpha value is -2.88. The molecule has 2 heterocycles. The summed E-state index contributed by atoms with van der Waals surface area (Å²) in [7, 11) is 0. The highest BCUT2D eigenvalue weighted by Gasteiger charge is 2.44. The van der Waals surface area contributed by atoms with Crippen LogP contribution < -0.4 is 0 Å². The van der Waals surface area contributed by atoms with Crippen LogP contribution in [-0.4, -0.2) is 120 Å². The first kappa shape index (κ1) is 33.5. The summed E-state index contributed by atoms with van der Waals surface area (Å²) in [4.78, 5) is 0. The maximum atomic E-state index is 12.2. The van der Waals surface area contributed by atoms with E-state index in [4.69, 9.17) is 9.47 Å². The molecule has 0 aromatic heterocycles. The molecular weight excluding hydrogens is 584 g/mol. The van der Waals surface area contributed by atoms with Gasteiger partial charge in [-0.3, -0.25) is 0 Å². The van der Waals surface area contributed by atoms with Crippen molar-refractivity contribution in [3.8, 4) is 34.8 Å². The lowest BCUT2D eigenvalue weighted by Crippen LogP contribution is -2.58. The number of fused-ring (bicyclic) bond motifs is 3. The Morgan fingerprint density at radius 3 is 1.49 bits per heavy atom. The van der Waals surface area contributed by atoms with Crippen molar-refractivity contribution in [3.63, 3.8) is 0 Å². The van der Waals surface area contributed by atoms with Gasteiger partial charge in [-0.2, -0.15) is 0 Å². The van der Waals surface area contributed by atoms with Gasteiger partial charge in [0.2, 0.25) is 0 Å². The summed E-state index contributed by atoms with van der Waals surface area (Å²) in [5, 5.41) is 92.2. The molecule has 0 unspecified atom stereocenters. The van der Waals surface area contributed by atoms with Crippen LogP contribution in [-0.2, 0) is 15.1 Å². The monoisotopic (exact) mass is 624 g/mol. The molecule has 11 nitrogen and oxygen atoms in total. The minimum atomic E-state index is -1.54. The van der Waals surface area contributed by atoms with Gasteiger partial charge in [0.05, 0.1) is 13.2 Å². The van der Waals surface area contributed by atoms with Gasteiger partial charge in [-0.1, -0.05) is 55.6 Å². The average molecular weight is 625 g/mol. The van der Waals surface area contributed by atoms with E-state index in [9.17, 15) is 46.0 Å². The second-order valence-corrected chi connectivity index (χ2v) is 11.9. The number of aliphatic hydroxyl groups excluding tert-OH is 8. The fourth-order valence-corrected chi connectivity index (χ4v) is 6.19. The van der Waals surface area contributed by atoms with E-state index in [1.54, 1.807) is 24.3 Å². The first-order chi connectivity index (χ1) is 21.5. The number of benzene rings is 2. The molecule has 10 atom stereocenters. The molecular formula is C34H40O11. The highest BCUT2D eigenvalue weighted by atomic mass is 16.5. The number of aliphatic hydroxyl groups is 9. The zero-order valence-electron chi connectivity index (χ0n) is 24.8. The Labute approximate surface area is 261 Å². The predicted octanol–water partition coefficient (Wildman–Crippen LogP) is -1.13. The van der Waals surface area contributed by atoms with Gasteiger partial charge >= 0.3 is 0 Å². The SMILES string of the molecule is CCCCCC1(O)c2cc(C#C[C@H]3O[C@H](CO)[C@@H](O)[C@H](O)[C@@H]3O)ccc2-c2ccc(C#C[C@H]3O[C@H](CO)[C@@H](O)[C@H](O)[C@@H]3O)cc21. The molecule has 2 saturated heterocycles. The molecule has 1 aliphatic carbocycles. The van der Waals surface area contributed by atoms with Gasteiger partial charge < -0.3 is 55.4 Å². The Balaban J connectivity index is 1.46. The van der Waals surface area contributed by atoms with Crippen molar-refractivity contribution in [2.45, 2.75) is 99.2 Å². The van der Waals surface area contributed by atoms with Crippen molar-refractivity contribution in [1.29, 1.82) is 0 Å². The molecule has 0 spiro atoms. The third-order valence-corrected chi connectivity index (χ3v) is 8.86. The van der Waals surface area contributed by atoms with E-state index in [0.29, 0.717) is 28.7 Å². The molecule has 3 aliphatic rings. The zero-order chi connectivity index (χ0) is 32.5. The average Bonchev–Trinajstić information content (AvgIpc) is 3.29. The van der Waals surface area contributed by atoms with E-state index in [2.05, 4.69) is 30.6 Å². The Kier molecular flexibility index (Phi) is 10.3. The molecule has 0 saturated carbocycles. The second kappa shape index (κ2) is 13.9. The van der Waals surface area contributed by atoms with Crippen LogP contribution in [0.3, 0.4) is 0 Å². The van der Waals surface area contributed by atoms with Gasteiger partial charge in [0.15, 0.2) is 0 Å². The summed E-state index contributed by atoms with van der Waals surface area (Å²) in [6, 6.07) is 10.8. The maximum absolute atomic E-state index is 12.2. The van der Waals surface area contributed by atoms with Crippen molar-refractivity contribution in [2.75, 3.05) is 13.2 Å². The lowest BCUT2D eigenvalue weighted by molar-refractivity contribution is -0.214. The molecule has 11 heteroatoms. The standard InChI is InChI=1S/C34H40O11/c1-2-3-4-13-34(43)22-14-18(7-11-24-28(37)32(41)30(39)26(16-35)44-24)5-9-20(22)21-10-6-19(15-23(21)34)8-12-25-29(38)33(42)31(40)27(17-36)45-25/h5-6,9-10,14-15,24-33,35-43H,2-4,13,16-17H2,1H3/t24-,25-,26-,27-,28-,29-,30-,31-,32-,33-/m1/s1. The molecule has 2 aliphatic heterocycles. The topological polar surface area (TPSA) is 201 Å². The van der Waals surface area contributed by atoms with E-state index in [-0.39, 0.29) is 0 Å². The highest BCUT2D eigenvalue weighted by Crippen LogP contribution is 2.50. The van der Waals surface area contributed by atoms with Crippen LogP contribution in [0.25, 0.3) is 11.1 Å². The van der Waals surface area contributed by atoms with Gasteiger partial charge in [0.25, 0.3) is 0 Å². The van der Waals surface area contributed by atoms with Crippen molar-refractivity contribution in [2.24, 2.45) is 0 Å². The molecule has 0 radical (unpaired) electrons. The maximum Gasteiger partial charge on any atom is 0.147 e. The van der Waals surface area contributed by atoms with Gasteiger partial charge in [-0.25, -0.2) is 0 Å². The van der Waals surface area contributed by atoms with Crippen molar-refractivity contribution in [1.82, 2.24) is 0 Å². The summed E-state index contributed by atoms with van der Waals surface area (Å²) in [6.45, 7) is 0.958. The molecule has 0 amide bonds. The lowest BCUT2D eigenvalue weighted by atomic mass is 9.85. The van der Waals surface area contributed by atoms with Crippen LogP contribution in [0.4, 0.5) is 0 Å². The molecule has 242 valence electrons. The van der Waals surface area contributed by atoms with E-state index < -0.39 is 79.9 Å². The van der Waals surface area contributed by atoms with E-state index >= 15 is 0 Å². The highest BCUT2D eigenvalue weighted by molar-refractivity contribution is 5.81. The fourth-order valence-electron chi connectivity index (χ4n) is 6.19. The molecule has 45 heavy (non-hydrogen) atoms. The van der Waals surface area contributed by atoms with Gasteiger partial charge in [-0.05, 0) is 59.4 Å². The molecule has 9 N–H and O–H groups in total. The van der Waals surface area contributed by atoms with Gasteiger partial charge in [0.1, 0.15) is 66.6 Å². The number of unbranched alkanes of at least 4 members (excludes halogenated alkanes) is 2. The number of ether oxygens (including phenoxy) is 2. The third-order valence-electron chi connectivity index (χ3n) is 8.86. The minimum Gasteiger partial charge on any atom is -0.394 e. The van der Waals surface area contributed by atoms with E-state index in [0.717, 1.165) is 30.4 Å². The number of hydrogen-bond acceptors (Lipinski definition) is 11. The summed E-state index contributed by atoms with van der Waals surface area (Å²) >= 11 is 0. The van der Waals surface area contributed by atoms with Gasteiger partial charge in [0, 0.05) is 11.1 Å². The minimum absolute atomic E-state index is 0.425. The van der Waals surface area contributed by atoms with Crippen LogP contribution in [0, 0.1) is 23.7 Å². The Morgan fingerprint density at radius 1 is 0.644 bits per heavy atom. The molecule has 2 fully saturated rings. The van der Waals surface area contributed by atoms with Crippen LogP contribution >= 0.6 is 0 Å². The Morgan fingerprint density at radius 2 is 1.09 bits per heavy atom. The quantitative estimate of drug-likeness (QED) is 0.139.